The highest BCUT2D eigenvalue weighted by molar-refractivity contribution is 4.86. The van der Waals surface area contributed by atoms with Crippen LogP contribution in [0.15, 0.2) is 12.4 Å². The van der Waals surface area contributed by atoms with Crippen LogP contribution in [0.4, 0.5) is 0 Å². The molecule has 0 fully saturated rings. The summed E-state index contributed by atoms with van der Waals surface area (Å²) < 4.78 is 4.91. The van der Waals surface area contributed by atoms with Crippen LogP contribution in [0, 0.1) is 0 Å². The molecule has 0 aliphatic heterocycles. The first kappa shape index (κ1) is 16.3. The average molecular weight is 265 g/mol. The summed E-state index contributed by atoms with van der Waals surface area (Å²) in [5.74, 6) is 1.51. The standard InChI is InChI=1S/C17H33N2/c1-5-7-8-9-10-11-13-18-14-15-19(16(3)4)17(18)12-6-2/h14-16H,5-13H2,1-4H3/q+1. The lowest BCUT2D eigenvalue weighted by Gasteiger charge is -2.07. The Morgan fingerprint density at radius 3 is 2.32 bits per heavy atom. The number of hydrogen-bond donors (Lipinski definition) is 0. The summed E-state index contributed by atoms with van der Waals surface area (Å²) in [4.78, 5) is 0. The smallest absolute Gasteiger partial charge is 0.234 e. The third-order valence-corrected chi connectivity index (χ3v) is 3.82. The van der Waals surface area contributed by atoms with Gasteiger partial charge in [0.25, 0.3) is 5.82 Å². The molecule has 19 heavy (non-hydrogen) atoms. The van der Waals surface area contributed by atoms with E-state index in [9.17, 15) is 0 Å². The first-order chi connectivity index (χ1) is 9.20. The van der Waals surface area contributed by atoms with Gasteiger partial charge < -0.3 is 0 Å². The predicted octanol–water partition coefficient (Wildman–Crippen LogP) is 4.67. The van der Waals surface area contributed by atoms with Crippen molar-refractivity contribution in [3.8, 4) is 0 Å². The first-order valence-corrected chi connectivity index (χ1v) is 8.29. The van der Waals surface area contributed by atoms with Crippen LogP contribution in [0.25, 0.3) is 0 Å². The van der Waals surface area contributed by atoms with Crippen molar-refractivity contribution < 1.29 is 4.57 Å². The molecule has 0 amide bonds. The highest BCUT2D eigenvalue weighted by Crippen LogP contribution is 2.10. The average Bonchev–Trinajstić information content (AvgIpc) is 2.77. The molecule has 0 saturated heterocycles. The zero-order valence-corrected chi connectivity index (χ0v) is 13.5. The van der Waals surface area contributed by atoms with Gasteiger partial charge >= 0.3 is 0 Å². The SMILES string of the molecule is CCCCCCCC[n+]1ccn(C(C)C)c1CCC. The lowest BCUT2D eigenvalue weighted by atomic mass is 10.1. The van der Waals surface area contributed by atoms with Gasteiger partial charge in [0.05, 0.1) is 12.6 Å². The number of imidazole rings is 1. The summed E-state index contributed by atoms with van der Waals surface area (Å²) in [6, 6.07) is 0.576. The Balaban J connectivity index is 2.44. The minimum absolute atomic E-state index is 0.576. The topological polar surface area (TPSA) is 8.81 Å². The van der Waals surface area contributed by atoms with Crippen LogP contribution < -0.4 is 4.57 Å². The maximum Gasteiger partial charge on any atom is 0.256 e. The van der Waals surface area contributed by atoms with Gasteiger partial charge in [-0.2, -0.15) is 0 Å². The van der Waals surface area contributed by atoms with E-state index in [1.807, 2.05) is 0 Å². The summed E-state index contributed by atoms with van der Waals surface area (Å²) in [5, 5.41) is 0. The van der Waals surface area contributed by atoms with Gasteiger partial charge in [0, 0.05) is 6.42 Å². The molecule has 2 heteroatoms. The Bertz CT molecular complexity index is 339. The van der Waals surface area contributed by atoms with Crippen molar-refractivity contribution in [3.05, 3.63) is 18.2 Å². The molecule has 0 bridgehead atoms. The number of aryl methyl sites for hydroxylation is 1. The van der Waals surface area contributed by atoms with Crippen molar-refractivity contribution in [2.75, 3.05) is 0 Å². The van der Waals surface area contributed by atoms with Crippen LogP contribution in [0.2, 0.25) is 0 Å². The second-order valence-corrected chi connectivity index (χ2v) is 5.93. The summed E-state index contributed by atoms with van der Waals surface area (Å²) >= 11 is 0. The minimum atomic E-state index is 0.576. The number of nitrogens with zero attached hydrogens (tertiary/aromatic N) is 2. The molecular formula is C17H33N2+. The highest BCUT2D eigenvalue weighted by Gasteiger charge is 2.17. The van der Waals surface area contributed by atoms with E-state index in [1.165, 1.54) is 63.7 Å². The number of hydrogen-bond acceptors (Lipinski definition) is 0. The van der Waals surface area contributed by atoms with Gasteiger partial charge in [0.2, 0.25) is 0 Å². The molecule has 1 rings (SSSR count). The fraction of sp³-hybridized carbons (Fsp3) is 0.824. The molecule has 2 nitrogen and oxygen atoms in total. The van der Waals surface area contributed by atoms with E-state index in [4.69, 9.17) is 0 Å². The molecule has 0 spiro atoms. The molecule has 110 valence electrons. The molecule has 0 aliphatic carbocycles. The molecule has 1 heterocycles. The molecule has 0 radical (unpaired) electrons. The molecule has 0 aliphatic rings. The van der Waals surface area contributed by atoms with Gasteiger partial charge in [-0.15, -0.1) is 0 Å². The van der Waals surface area contributed by atoms with Crippen molar-refractivity contribution in [2.45, 2.75) is 91.6 Å². The maximum atomic E-state index is 2.48. The molecular weight excluding hydrogens is 232 g/mol. The molecule has 0 atom stereocenters. The minimum Gasteiger partial charge on any atom is -0.234 e. The Morgan fingerprint density at radius 1 is 1.00 bits per heavy atom. The van der Waals surface area contributed by atoms with Crippen molar-refractivity contribution in [3.63, 3.8) is 0 Å². The summed E-state index contributed by atoms with van der Waals surface area (Å²) in [6.45, 7) is 10.3. The third kappa shape index (κ3) is 5.38. The number of unbranched alkanes of at least 4 members (excludes halogenated alkanes) is 5. The van der Waals surface area contributed by atoms with Crippen molar-refractivity contribution in [2.24, 2.45) is 0 Å². The van der Waals surface area contributed by atoms with E-state index in [-0.39, 0.29) is 0 Å². The summed E-state index contributed by atoms with van der Waals surface area (Å²) in [5.41, 5.74) is 0. The third-order valence-electron chi connectivity index (χ3n) is 3.82. The van der Waals surface area contributed by atoms with Crippen LogP contribution in [-0.4, -0.2) is 4.57 Å². The number of rotatable bonds is 10. The maximum absolute atomic E-state index is 2.48. The van der Waals surface area contributed by atoms with Gasteiger partial charge in [-0.3, -0.25) is 0 Å². The van der Waals surface area contributed by atoms with Crippen LogP contribution in [0.3, 0.4) is 0 Å². The lowest BCUT2D eigenvalue weighted by molar-refractivity contribution is -0.704. The van der Waals surface area contributed by atoms with Crippen LogP contribution in [0.5, 0.6) is 0 Å². The molecule has 0 unspecified atom stereocenters. The van der Waals surface area contributed by atoms with Crippen molar-refractivity contribution in [1.29, 1.82) is 0 Å². The van der Waals surface area contributed by atoms with E-state index < -0.39 is 0 Å². The monoisotopic (exact) mass is 265 g/mol. The Labute approximate surface area is 119 Å². The zero-order valence-electron chi connectivity index (χ0n) is 13.5. The largest absolute Gasteiger partial charge is 0.256 e. The summed E-state index contributed by atoms with van der Waals surface area (Å²) in [7, 11) is 0. The van der Waals surface area contributed by atoms with E-state index in [1.54, 1.807) is 0 Å². The van der Waals surface area contributed by atoms with Gasteiger partial charge in [0.15, 0.2) is 0 Å². The molecule has 0 saturated carbocycles. The van der Waals surface area contributed by atoms with E-state index in [0.717, 1.165) is 0 Å². The normalized spacial score (nSPS) is 11.4. The van der Waals surface area contributed by atoms with Crippen LogP contribution in [-0.2, 0) is 13.0 Å². The molecule has 0 N–H and O–H groups in total. The highest BCUT2D eigenvalue weighted by atomic mass is 15.2. The zero-order chi connectivity index (χ0) is 14.1. The van der Waals surface area contributed by atoms with E-state index in [2.05, 4.69) is 49.2 Å². The van der Waals surface area contributed by atoms with Gasteiger partial charge in [-0.25, -0.2) is 9.13 Å². The molecule has 1 aromatic heterocycles. The summed E-state index contributed by atoms with van der Waals surface area (Å²) in [6.07, 6.45) is 15.2. The fourth-order valence-electron chi connectivity index (χ4n) is 2.71. The fourth-order valence-corrected chi connectivity index (χ4v) is 2.71. The van der Waals surface area contributed by atoms with Crippen molar-refractivity contribution >= 4 is 0 Å². The van der Waals surface area contributed by atoms with Crippen LogP contribution >= 0.6 is 0 Å². The number of aromatic nitrogens is 2. The molecule has 1 aromatic rings. The van der Waals surface area contributed by atoms with Crippen molar-refractivity contribution in [1.82, 2.24) is 4.57 Å². The second-order valence-electron chi connectivity index (χ2n) is 5.93. The van der Waals surface area contributed by atoms with E-state index in [0.29, 0.717) is 6.04 Å². The lowest BCUT2D eigenvalue weighted by Crippen LogP contribution is -2.37. The van der Waals surface area contributed by atoms with Gasteiger partial charge in [-0.1, -0.05) is 39.5 Å². The first-order valence-electron chi connectivity index (χ1n) is 8.29. The van der Waals surface area contributed by atoms with Crippen LogP contribution in [0.1, 0.15) is 84.5 Å². The van der Waals surface area contributed by atoms with Gasteiger partial charge in [-0.05, 0) is 33.1 Å². The predicted molar refractivity (Wildman–Crippen MR) is 82.4 cm³/mol. The Kier molecular flexibility index (Phi) is 7.85. The Morgan fingerprint density at radius 2 is 1.68 bits per heavy atom. The second kappa shape index (κ2) is 9.17. The Hall–Kier alpha value is -0.790. The van der Waals surface area contributed by atoms with Gasteiger partial charge in [0.1, 0.15) is 12.4 Å². The van der Waals surface area contributed by atoms with E-state index >= 15 is 0 Å². The quantitative estimate of drug-likeness (QED) is 0.429. The molecule has 0 aromatic carbocycles.